The van der Waals surface area contributed by atoms with Crippen molar-refractivity contribution in [3.05, 3.63) is 34.8 Å². The van der Waals surface area contributed by atoms with E-state index in [0.717, 1.165) is 23.6 Å². The molecule has 0 fully saturated rings. The molecule has 0 aromatic carbocycles. The number of hydrogen-bond donors (Lipinski definition) is 0. The number of pyridine rings is 1. The smallest absolute Gasteiger partial charge is 0.261 e. The Hall–Kier alpha value is -1.50. The molecule has 0 bridgehead atoms. The van der Waals surface area contributed by atoms with Crippen molar-refractivity contribution in [1.29, 1.82) is 0 Å². The normalized spacial score (nSPS) is 13.7. The van der Waals surface area contributed by atoms with Gasteiger partial charge in [0.15, 0.2) is 5.69 Å². The molecule has 21 heavy (non-hydrogen) atoms. The van der Waals surface area contributed by atoms with Crippen LogP contribution in [0.25, 0.3) is 10.6 Å². The summed E-state index contributed by atoms with van der Waals surface area (Å²) in [7, 11) is 0. The Labute approximate surface area is 123 Å². The van der Waals surface area contributed by atoms with Gasteiger partial charge in [0, 0.05) is 16.6 Å². The molecule has 0 saturated carbocycles. The molecule has 2 aromatic heterocycles. The minimum absolute atomic E-state index is 0.0463. The molecule has 0 radical (unpaired) electrons. The van der Waals surface area contributed by atoms with Gasteiger partial charge in [0.25, 0.3) is 0 Å². The second-order valence-electron chi connectivity index (χ2n) is 5.15. The standard InChI is InChI=1S/C14H14F4N2S/c1-7(2)8(3)11-12(14(16,17)18)20-13(21-11)9-4-10(15)6-19-5-9/h4-8H,1-3H3. The lowest BCUT2D eigenvalue weighted by molar-refractivity contribution is -0.141. The van der Waals surface area contributed by atoms with E-state index in [1.807, 2.05) is 13.8 Å². The molecule has 114 valence electrons. The lowest BCUT2D eigenvalue weighted by Crippen LogP contribution is -2.12. The molecular formula is C14H14F4N2S. The Bertz CT molecular complexity index is 634. The minimum Gasteiger partial charge on any atom is -0.261 e. The fourth-order valence-corrected chi connectivity index (χ4v) is 3.09. The lowest BCUT2D eigenvalue weighted by atomic mass is 9.95. The van der Waals surface area contributed by atoms with Gasteiger partial charge in [-0.3, -0.25) is 4.98 Å². The minimum atomic E-state index is -4.52. The van der Waals surface area contributed by atoms with E-state index in [4.69, 9.17) is 0 Å². The number of aromatic nitrogens is 2. The molecular weight excluding hydrogens is 304 g/mol. The Morgan fingerprint density at radius 3 is 2.33 bits per heavy atom. The van der Waals surface area contributed by atoms with Crippen molar-refractivity contribution in [3.63, 3.8) is 0 Å². The average molecular weight is 318 g/mol. The molecule has 1 atom stereocenters. The van der Waals surface area contributed by atoms with E-state index in [0.29, 0.717) is 0 Å². The van der Waals surface area contributed by atoms with Crippen LogP contribution in [0.15, 0.2) is 18.5 Å². The summed E-state index contributed by atoms with van der Waals surface area (Å²) >= 11 is 0.947. The van der Waals surface area contributed by atoms with Crippen LogP contribution in [0.4, 0.5) is 17.6 Å². The lowest BCUT2D eigenvalue weighted by Gasteiger charge is -2.15. The van der Waals surface area contributed by atoms with Crippen LogP contribution in [-0.4, -0.2) is 9.97 Å². The molecule has 1 unspecified atom stereocenters. The molecule has 0 aliphatic carbocycles. The van der Waals surface area contributed by atoms with Crippen LogP contribution in [0.2, 0.25) is 0 Å². The van der Waals surface area contributed by atoms with Crippen LogP contribution in [-0.2, 0) is 6.18 Å². The Kier molecular flexibility index (Phi) is 4.32. The highest BCUT2D eigenvalue weighted by molar-refractivity contribution is 7.15. The molecule has 0 aliphatic heterocycles. The van der Waals surface area contributed by atoms with E-state index in [1.54, 1.807) is 6.92 Å². The summed E-state index contributed by atoms with van der Waals surface area (Å²) in [6.07, 6.45) is -2.21. The third kappa shape index (κ3) is 3.40. The van der Waals surface area contributed by atoms with Crippen LogP contribution in [0.1, 0.15) is 37.3 Å². The van der Waals surface area contributed by atoms with Gasteiger partial charge in [-0.2, -0.15) is 13.2 Å². The molecule has 2 rings (SSSR count). The fraction of sp³-hybridized carbons (Fsp3) is 0.429. The summed E-state index contributed by atoms with van der Waals surface area (Å²) in [4.78, 5) is 7.51. The van der Waals surface area contributed by atoms with E-state index in [-0.39, 0.29) is 27.3 Å². The van der Waals surface area contributed by atoms with Gasteiger partial charge < -0.3 is 0 Å². The maximum absolute atomic E-state index is 13.2. The maximum Gasteiger partial charge on any atom is 0.434 e. The number of nitrogens with zero attached hydrogens (tertiary/aromatic N) is 2. The summed E-state index contributed by atoms with van der Waals surface area (Å²) in [5, 5.41) is 0.136. The van der Waals surface area contributed by atoms with Crippen molar-refractivity contribution in [1.82, 2.24) is 9.97 Å². The molecule has 2 aromatic rings. The van der Waals surface area contributed by atoms with E-state index in [2.05, 4.69) is 9.97 Å². The SMILES string of the molecule is CC(C)C(C)c1sc(-c2cncc(F)c2)nc1C(F)(F)F. The first-order valence-corrected chi connectivity index (χ1v) is 7.20. The van der Waals surface area contributed by atoms with Crippen molar-refractivity contribution in [2.24, 2.45) is 5.92 Å². The largest absolute Gasteiger partial charge is 0.434 e. The predicted molar refractivity (Wildman–Crippen MR) is 73.6 cm³/mol. The summed E-state index contributed by atoms with van der Waals surface area (Å²) < 4.78 is 52.6. The molecule has 2 nitrogen and oxygen atoms in total. The fourth-order valence-electron chi connectivity index (χ4n) is 1.80. The van der Waals surface area contributed by atoms with Crippen LogP contribution in [0, 0.1) is 11.7 Å². The van der Waals surface area contributed by atoms with Crippen molar-refractivity contribution >= 4 is 11.3 Å². The Morgan fingerprint density at radius 1 is 1.14 bits per heavy atom. The number of alkyl halides is 3. The summed E-state index contributed by atoms with van der Waals surface area (Å²) in [6.45, 7) is 5.45. The van der Waals surface area contributed by atoms with Crippen LogP contribution < -0.4 is 0 Å². The number of halogens is 4. The maximum atomic E-state index is 13.2. The van der Waals surface area contributed by atoms with Gasteiger partial charge in [-0.15, -0.1) is 11.3 Å². The van der Waals surface area contributed by atoms with Gasteiger partial charge >= 0.3 is 6.18 Å². The number of thiazole rings is 1. The van der Waals surface area contributed by atoms with Crippen molar-refractivity contribution < 1.29 is 17.6 Å². The van der Waals surface area contributed by atoms with Crippen LogP contribution >= 0.6 is 11.3 Å². The quantitative estimate of drug-likeness (QED) is 0.734. The van der Waals surface area contributed by atoms with Crippen molar-refractivity contribution in [3.8, 4) is 10.6 Å². The molecule has 0 spiro atoms. The van der Waals surface area contributed by atoms with Crippen molar-refractivity contribution in [2.45, 2.75) is 32.9 Å². The molecule has 0 aliphatic rings. The van der Waals surface area contributed by atoms with Gasteiger partial charge in [-0.25, -0.2) is 9.37 Å². The van der Waals surface area contributed by atoms with Gasteiger partial charge in [0.05, 0.1) is 6.20 Å². The monoisotopic (exact) mass is 318 g/mol. The highest BCUT2D eigenvalue weighted by Crippen LogP contribution is 2.42. The summed E-state index contributed by atoms with van der Waals surface area (Å²) in [5.74, 6) is -0.839. The summed E-state index contributed by atoms with van der Waals surface area (Å²) in [5.41, 5.74) is -0.624. The van der Waals surface area contributed by atoms with E-state index < -0.39 is 17.7 Å². The highest BCUT2D eigenvalue weighted by atomic mass is 32.1. The molecule has 2 heterocycles. The van der Waals surface area contributed by atoms with E-state index >= 15 is 0 Å². The molecule has 0 saturated heterocycles. The molecule has 7 heteroatoms. The number of hydrogen-bond acceptors (Lipinski definition) is 3. The first-order valence-electron chi connectivity index (χ1n) is 6.39. The van der Waals surface area contributed by atoms with Gasteiger partial charge in [0.1, 0.15) is 10.8 Å². The van der Waals surface area contributed by atoms with E-state index in [9.17, 15) is 17.6 Å². The second-order valence-corrected chi connectivity index (χ2v) is 6.18. The zero-order valence-corrected chi connectivity index (χ0v) is 12.5. The third-order valence-corrected chi connectivity index (χ3v) is 4.59. The van der Waals surface area contributed by atoms with Gasteiger partial charge in [0.2, 0.25) is 0 Å². The number of rotatable bonds is 3. The van der Waals surface area contributed by atoms with Crippen LogP contribution in [0.3, 0.4) is 0 Å². The zero-order chi connectivity index (χ0) is 15.8. The Morgan fingerprint density at radius 2 is 1.81 bits per heavy atom. The van der Waals surface area contributed by atoms with E-state index in [1.165, 1.54) is 6.20 Å². The molecule has 0 amide bonds. The third-order valence-electron chi connectivity index (χ3n) is 3.29. The first-order chi connectivity index (χ1) is 9.70. The van der Waals surface area contributed by atoms with Crippen LogP contribution in [0.5, 0.6) is 0 Å². The molecule has 0 N–H and O–H groups in total. The zero-order valence-electron chi connectivity index (χ0n) is 11.7. The summed E-state index contributed by atoms with van der Waals surface area (Å²) in [6, 6.07) is 1.13. The topological polar surface area (TPSA) is 25.8 Å². The highest BCUT2D eigenvalue weighted by Gasteiger charge is 2.39. The van der Waals surface area contributed by atoms with Crippen molar-refractivity contribution in [2.75, 3.05) is 0 Å². The average Bonchev–Trinajstić information content (AvgIpc) is 2.82. The second kappa shape index (κ2) is 5.71. The predicted octanol–water partition coefficient (Wildman–Crippen LogP) is 5.12. The Balaban J connectivity index is 2.56. The first kappa shape index (κ1) is 15.9. The van der Waals surface area contributed by atoms with Gasteiger partial charge in [-0.05, 0) is 17.9 Å². The van der Waals surface area contributed by atoms with Gasteiger partial charge in [-0.1, -0.05) is 20.8 Å².